The van der Waals surface area contributed by atoms with Gasteiger partial charge in [0.05, 0.1) is 5.92 Å². The molecule has 2 aliphatic rings. The molecule has 1 aliphatic heterocycles. The molecule has 1 atom stereocenters. The number of rotatable bonds is 5. The van der Waals surface area contributed by atoms with Crippen molar-refractivity contribution in [2.75, 3.05) is 19.6 Å². The van der Waals surface area contributed by atoms with Crippen molar-refractivity contribution in [2.45, 2.75) is 44.9 Å². The smallest absolute Gasteiger partial charge is 0.253 e. The van der Waals surface area contributed by atoms with E-state index in [4.69, 9.17) is 11.6 Å². The third-order valence-electron chi connectivity index (χ3n) is 5.30. The van der Waals surface area contributed by atoms with Gasteiger partial charge < -0.3 is 10.2 Å². The van der Waals surface area contributed by atoms with E-state index in [0.717, 1.165) is 19.3 Å². The van der Waals surface area contributed by atoms with Crippen molar-refractivity contribution in [3.05, 3.63) is 46.5 Å². The predicted molar refractivity (Wildman–Crippen MR) is 104 cm³/mol. The van der Waals surface area contributed by atoms with E-state index in [1.807, 2.05) is 0 Å². The van der Waals surface area contributed by atoms with Crippen LogP contribution in [0.25, 0.3) is 0 Å². The van der Waals surface area contributed by atoms with E-state index in [9.17, 15) is 9.59 Å². The molecule has 1 unspecified atom stereocenters. The van der Waals surface area contributed by atoms with Crippen molar-refractivity contribution < 1.29 is 9.59 Å². The highest BCUT2D eigenvalue weighted by atomic mass is 35.5. The maximum Gasteiger partial charge on any atom is 0.253 e. The number of piperidine rings is 1. The monoisotopic (exact) mass is 374 g/mol. The summed E-state index contributed by atoms with van der Waals surface area (Å²) in [7, 11) is 0. The fraction of sp³-hybridized carbons (Fsp3) is 0.524. The molecule has 0 radical (unpaired) electrons. The van der Waals surface area contributed by atoms with Gasteiger partial charge in [-0.05, 0) is 69.2 Å². The number of carbonyl (C=O) groups excluding carboxylic acids is 2. The summed E-state index contributed by atoms with van der Waals surface area (Å²) in [4.78, 5) is 26.9. The Morgan fingerprint density at radius 1 is 1.15 bits per heavy atom. The van der Waals surface area contributed by atoms with Gasteiger partial charge in [0, 0.05) is 30.2 Å². The first kappa shape index (κ1) is 19.0. The molecule has 1 saturated heterocycles. The van der Waals surface area contributed by atoms with E-state index in [1.165, 1.54) is 31.3 Å². The second kappa shape index (κ2) is 9.22. The fourth-order valence-corrected chi connectivity index (χ4v) is 3.90. The first-order chi connectivity index (χ1) is 12.6. The van der Waals surface area contributed by atoms with Crippen LogP contribution >= 0.6 is 11.6 Å². The molecule has 5 heteroatoms. The molecule has 1 fully saturated rings. The Kier molecular flexibility index (Phi) is 6.73. The Bertz CT molecular complexity index is 669. The van der Waals surface area contributed by atoms with Gasteiger partial charge in [0.2, 0.25) is 5.91 Å². The van der Waals surface area contributed by atoms with E-state index >= 15 is 0 Å². The average molecular weight is 375 g/mol. The quantitative estimate of drug-likeness (QED) is 0.785. The molecule has 1 heterocycles. The zero-order chi connectivity index (χ0) is 18.4. The van der Waals surface area contributed by atoms with Crippen molar-refractivity contribution in [1.29, 1.82) is 0 Å². The summed E-state index contributed by atoms with van der Waals surface area (Å²) in [5.41, 5.74) is 2.10. The molecule has 0 saturated carbocycles. The summed E-state index contributed by atoms with van der Waals surface area (Å²) in [5.74, 6) is -0.0538. The first-order valence-corrected chi connectivity index (χ1v) is 10.0. The van der Waals surface area contributed by atoms with Crippen LogP contribution in [0, 0.1) is 5.92 Å². The summed E-state index contributed by atoms with van der Waals surface area (Å²) < 4.78 is 0. The van der Waals surface area contributed by atoms with Crippen LogP contribution in [-0.2, 0) is 4.79 Å². The molecule has 1 aromatic carbocycles. The van der Waals surface area contributed by atoms with Gasteiger partial charge in [0.25, 0.3) is 5.91 Å². The van der Waals surface area contributed by atoms with E-state index in [0.29, 0.717) is 30.2 Å². The number of nitrogens with one attached hydrogen (secondary N) is 1. The lowest BCUT2D eigenvalue weighted by Crippen LogP contribution is -2.45. The van der Waals surface area contributed by atoms with Crippen LogP contribution in [0.5, 0.6) is 0 Å². The van der Waals surface area contributed by atoms with Crippen molar-refractivity contribution in [2.24, 2.45) is 5.92 Å². The van der Waals surface area contributed by atoms with E-state index < -0.39 is 0 Å². The summed E-state index contributed by atoms with van der Waals surface area (Å²) in [5, 5.41) is 3.69. The lowest BCUT2D eigenvalue weighted by molar-refractivity contribution is -0.126. The summed E-state index contributed by atoms with van der Waals surface area (Å²) >= 11 is 5.89. The van der Waals surface area contributed by atoms with Crippen LogP contribution < -0.4 is 5.32 Å². The van der Waals surface area contributed by atoms with E-state index in [-0.39, 0.29) is 17.7 Å². The van der Waals surface area contributed by atoms with Crippen LogP contribution in [0.2, 0.25) is 5.02 Å². The molecule has 0 bridgehead atoms. The number of hydrogen-bond acceptors (Lipinski definition) is 2. The molecule has 0 spiro atoms. The molecular formula is C21H27ClN2O2. The molecule has 1 aliphatic carbocycles. The minimum Gasteiger partial charge on any atom is -0.355 e. The largest absolute Gasteiger partial charge is 0.355 e. The van der Waals surface area contributed by atoms with Gasteiger partial charge in [-0.2, -0.15) is 0 Å². The summed E-state index contributed by atoms with van der Waals surface area (Å²) in [6.07, 6.45) is 9.88. The van der Waals surface area contributed by atoms with E-state index in [2.05, 4.69) is 11.4 Å². The maximum absolute atomic E-state index is 12.6. The molecule has 1 aromatic rings. The Hall–Kier alpha value is -1.81. The van der Waals surface area contributed by atoms with Crippen LogP contribution in [0.15, 0.2) is 35.9 Å². The zero-order valence-electron chi connectivity index (χ0n) is 15.2. The van der Waals surface area contributed by atoms with Gasteiger partial charge in [-0.15, -0.1) is 0 Å². The van der Waals surface area contributed by atoms with E-state index in [1.54, 1.807) is 29.2 Å². The highest BCUT2D eigenvalue weighted by molar-refractivity contribution is 6.30. The number of benzene rings is 1. The van der Waals surface area contributed by atoms with Gasteiger partial charge in [-0.25, -0.2) is 0 Å². The number of nitrogens with zero attached hydrogens (tertiary/aromatic N) is 1. The molecular weight excluding hydrogens is 348 g/mol. The molecule has 3 rings (SSSR count). The molecule has 140 valence electrons. The van der Waals surface area contributed by atoms with Gasteiger partial charge in [-0.1, -0.05) is 23.3 Å². The third-order valence-corrected chi connectivity index (χ3v) is 5.55. The summed E-state index contributed by atoms with van der Waals surface area (Å²) in [6, 6.07) is 6.93. The standard InChI is InChI=1S/C21H27ClN2O2/c22-19-10-8-17(9-11-19)21(26)24-14-4-7-18(15-24)20(25)23-13-12-16-5-2-1-3-6-16/h5,8-11,18H,1-4,6-7,12-15H2,(H,23,25). The van der Waals surface area contributed by atoms with Gasteiger partial charge in [-0.3, -0.25) is 9.59 Å². The highest BCUT2D eigenvalue weighted by Gasteiger charge is 2.28. The zero-order valence-corrected chi connectivity index (χ0v) is 15.9. The molecule has 2 amide bonds. The minimum absolute atomic E-state index is 0.0217. The Morgan fingerprint density at radius 3 is 2.69 bits per heavy atom. The van der Waals surface area contributed by atoms with Gasteiger partial charge in [0.1, 0.15) is 0 Å². The number of hydrogen-bond donors (Lipinski definition) is 1. The Morgan fingerprint density at radius 2 is 1.96 bits per heavy atom. The van der Waals surface area contributed by atoms with Crippen LogP contribution in [-0.4, -0.2) is 36.3 Å². The van der Waals surface area contributed by atoms with Crippen molar-refractivity contribution >= 4 is 23.4 Å². The summed E-state index contributed by atoms with van der Waals surface area (Å²) in [6.45, 7) is 1.90. The topological polar surface area (TPSA) is 49.4 Å². The molecule has 1 N–H and O–H groups in total. The fourth-order valence-electron chi connectivity index (χ4n) is 3.77. The van der Waals surface area contributed by atoms with Crippen molar-refractivity contribution in [1.82, 2.24) is 10.2 Å². The number of halogens is 1. The van der Waals surface area contributed by atoms with Crippen LogP contribution in [0.1, 0.15) is 55.3 Å². The minimum atomic E-state index is -0.111. The van der Waals surface area contributed by atoms with Gasteiger partial charge in [0.15, 0.2) is 0 Å². The van der Waals surface area contributed by atoms with Crippen molar-refractivity contribution in [3.63, 3.8) is 0 Å². The SMILES string of the molecule is O=C(NCCC1=CCCCC1)C1CCCN(C(=O)c2ccc(Cl)cc2)C1. The molecule has 4 nitrogen and oxygen atoms in total. The van der Waals surface area contributed by atoms with Crippen molar-refractivity contribution in [3.8, 4) is 0 Å². The Balaban J connectivity index is 1.49. The third kappa shape index (κ3) is 5.10. The second-order valence-electron chi connectivity index (χ2n) is 7.25. The van der Waals surface area contributed by atoms with Crippen LogP contribution in [0.4, 0.5) is 0 Å². The highest BCUT2D eigenvalue weighted by Crippen LogP contribution is 2.21. The average Bonchev–Trinajstić information content (AvgIpc) is 2.69. The van der Waals surface area contributed by atoms with Gasteiger partial charge >= 0.3 is 0 Å². The Labute approximate surface area is 160 Å². The lowest BCUT2D eigenvalue weighted by atomic mass is 9.95. The second-order valence-corrected chi connectivity index (χ2v) is 7.68. The number of likely N-dealkylation sites (tertiary alicyclic amines) is 1. The van der Waals surface area contributed by atoms with Crippen LogP contribution in [0.3, 0.4) is 0 Å². The number of amides is 2. The number of allylic oxidation sites excluding steroid dienone is 1. The lowest BCUT2D eigenvalue weighted by Gasteiger charge is -2.32. The predicted octanol–water partition coefficient (Wildman–Crippen LogP) is 4.20. The molecule has 26 heavy (non-hydrogen) atoms. The maximum atomic E-state index is 12.6. The normalized spacial score (nSPS) is 20.4. The first-order valence-electron chi connectivity index (χ1n) is 9.64. The molecule has 0 aromatic heterocycles. The number of carbonyl (C=O) groups is 2.